The lowest BCUT2D eigenvalue weighted by atomic mass is 9.98. The fraction of sp³-hybridized carbons (Fsp3) is 0.333. The Bertz CT molecular complexity index is 748. The molecule has 126 valence electrons. The molecule has 0 spiro atoms. The van der Waals surface area contributed by atoms with Crippen molar-refractivity contribution in [2.24, 2.45) is 5.92 Å². The first-order valence-corrected chi connectivity index (χ1v) is 8.37. The van der Waals surface area contributed by atoms with E-state index in [0.717, 1.165) is 25.9 Å². The zero-order chi connectivity index (χ0) is 17.1. The summed E-state index contributed by atoms with van der Waals surface area (Å²) < 4.78 is 5.10. The second-order valence-electron chi connectivity index (χ2n) is 6.08. The van der Waals surface area contributed by atoms with Crippen molar-refractivity contribution in [3.8, 4) is 0 Å². The van der Waals surface area contributed by atoms with Crippen LogP contribution < -0.4 is 5.32 Å². The van der Waals surface area contributed by atoms with Crippen molar-refractivity contribution in [1.82, 2.24) is 4.90 Å². The van der Waals surface area contributed by atoms with Gasteiger partial charge in [-0.2, -0.15) is 0 Å². The molecule has 1 aromatic carbocycles. The van der Waals surface area contributed by atoms with Gasteiger partial charge >= 0.3 is 0 Å². The van der Waals surface area contributed by atoms with E-state index in [1.54, 1.807) is 24.3 Å². The number of para-hydroxylation sites is 1. The highest BCUT2D eigenvalue weighted by Crippen LogP contribution is 2.23. The summed E-state index contributed by atoms with van der Waals surface area (Å²) in [5.41, 5.74) is 0.955. The molecule has 0 atom stereocenters. The number of nitrogens with one attached hydrogen (secondary N) is 1. The Balaban J connectivity index is 1.77. The van der Waals surface area contributed by atoms with Crippen molar-refractivity contribution in [2.45, 2.75) is 19.8 Å². The topological polar surface area (TPSA) is 62.6 Å². The minimum atomic E-state index is -0.436. The van der Waals surface area contributed by atoms with Gasteiger partial charge in [-0.1, -0.05) is 19.1 Å². The molecule has 1 N–H and O–H groups in total. The van der Waals surface area contributed by atoms with Crippen LogP contribution in [0.3, 0.4) is 0 Å². The third-order valence-electron chi connectivity index (χ3n) is 4.27. The number of hydrogen-bond donors (Lipinski definition) is 1. The minimum absolute atomic E-state index is 0.0599. The molecular formula is C18H19ClN2O3. The van der Waals surface area contributed by atoms with E-state index in [2.05, 4.69) is 12.2 Å². The quantitative estimate of drug-likeness (QED) is 0.911. The number of furan rings is 1. The van der Waals surface area contributed by atoms with Crippen LogP contribution in [-0.2, 0) is 0 Å². The number of likely N-dealkylation sites (tertiary alicyclic amines) is 1. The molecule has 0 aliphatic carbocycles. The number of carbonyl (C=O) groups is 2. The molecule has 0 radical (unpaired) electrons. The van der Waals surface area contributed by atoms with Crippen LogP contribution in [0.5, 0.6) is 0 Å². The van der Waals surface area contributed by atoms with E-state index in [4.69, 9.17) is 16.0 Å². The fourth-order valence-corrected chi connectivity index (χ4v) is 2.93. The first kappa shape index (κ1) is 16.6. The lowest BCUT2D eigenvalue weighted by Crippen LogP contribution is -2.38. The van der Waals surface area contributed by atoms with Gasteiger partial charge < -0.3 is 14.6 Å². The molecule has 24 heavy (non-hydrogen) atoms. The number of carbonyl (C=O) groups excluding carboxylic acids is 2. The highest BCUT2D eigenvalue weighted by molar-refractivity contribution is 6.29. The molecule has 6 heteroatoms. The molecule has 2 heterocycles. The van der Waals surface area contributed by atoms with Gasteiger partial charge in [-0.05, 0) is 54.6 Å². The van der Waals surface area contributed by atoms with Crippen LogP contribution in [0, 0.1) is 5.92 Å². The van der Waals surface area contributed by atoms with E-state index in [-0.39, 0.29) is 16.9 Å². The Morgan fingerprint density at radius 3 is 2.54 bits per heavy atom. The number of amides is 2. The molecular weight excluding hydrogens is 328 g/mol. The summed E-state index contributed by atoms with van der Waals surface area (Å²) in [5.74, 6) is 0.256. The van der Waals surface area contributed by atoms with Crippen molar-refractivity contribution in [2.75, 3.05) is 18.4 Å². The van der Waals surface area contributed by atoms with E-state index in [0.29, 0.717) is 17.2 Å². The largest absolute Gasteiger partial charge is 0.440 e. The predicted octanol–water partition coefficient (Wildman–Crippen LogP) is 4.06. The van der Waals surface area contributed by atoms with Gasteiger partial charge in [0, 0.05) is 13.1 Å². The summed E-state index contributed by atoms with van der Waals surface area (Å²) in [7, 11) is 0. The summed E-state index contributed by atoms with van der Waals surface area (Å²) in [5, 5.41) is 2.88. The van der Waals surface area contributed by atoms with Crippen LogP contribution in [-0.4, -0.2) is 29.8 Å². The molecule has 1 saturated heterocycles. The van der Waals surface area contributed by atoms with Gasteiger partial charge in [0.1, 0.15) is 0 Å². The predicted molar refractivity (Wildman–Crippen MR) is 92.4 cm³/mol. The van der Waals surface area contributed by atoms with Crippen LogP contribution in [0.4, 0.5) is 5.69 Å². The minimum Gasteiger partial charge on any atom is -0.440 e. The molecule has 0 bridgehead atoms. The molecule has 1 aliphatic rings. The van der Waals surface area contributed by atoms with Crippen LogP contribution in [0.2, 0.25) is 5.22 Å². The van der Waals surface area contributed by atoms with Crippen LogP contribution in [0.15, 0.2) is 40.8 Å². The Kier molecular flexibility index (Phi) is 4.90. The smallest absolute Gasteiger partial charge is 0.291 e. The Morgan fingerprint density at radius 1 is 1.17 bits per heavy atom. The van der Waals surface area contributed by atoms with Crippen LogP contribution in [0.1, 0.15) is 40.7 Å². The maximum atomic E-state index is 12.8. The first-order chi connectivity index (χ1) is 11.5. The second kappa shape index (κ2) is 7.09. The van der Waals surface area contributed by atoms with Crippen molar-refractivity contribution in [1.29, 1.82) is 0 Å². The molecule has 1 aromatic heterocycles. The van der Waals surface area contributed by atoms with Gasteiger partial charge in [0.15, 0.2) is 11.0 Å². The average Bonchev–Trinajstić information content (AvgIpc) is 3.02. The van der Waals surface area contributed by atoms with Gasteiger partial charge in [0.05, 0.1) is 11.3 Å². The van der Waals surface area contributed by atoms with E-state index in [9.17, 15) is 9.59 Å². The molecule has 2 aromatic rings. The molecule has 0 unspecified atom stereocenters. The van der Waals surface area contributed by atoms with Crippen LogP contribution >= 0.6 is 11.6 Å². The summed E-state index contributed by atoms with van der Waals surface area (Å²) in [4.78, 5) is 26.9. The van der Waals surface area contributed by atoms with Gasteiger partial charge in [-0.25, -0.2) is 0 Å². The normalized spacial score (nSPS) is 15.3. The molecule has 1 aliphatic heterocycles. The molecule has 0 saturated carbocycles. The van der Waals surface area contributed by atoms with Crippen molar-refractivity contribution in [3.05, 3.63) is 52.9 Å². The zero-order valence-corrected chi connectivity index (χ0v) is 14.2. The summed E-state index contributed by atoms with van der Waals surface area (Å²) in [6.07, 6.45) is 2.01. The molecule has 2 amide bonds. The average molecular weight is 347 g/mol. The standard InChI is InChI=1S/C18H19ClN2O3/c1-12-8-10-21(11-9-12)18(23)13-4-2-3-5-14(13)20-17(22)15-6-7-16(19)24-15/h2-7,12H,8-11H2,1H3,(H,20,22). The number of hydrogen-bond acceptors (Lipinski definition) is 3. The number of anilines is 1. The van der Waals surface area contributed by atoms with Gasteiger partial charge in [-0.15, -0.1) is 0 Å². The molecule has 1 fully saturated rings. The number of piperidine rings is 1. The Labute approximate surface area is 145 Å². The second-order valence-corrected chi connectivity index (χ2v) is 6.45. The third kappa shape index (κ3) is 3.62. The SMILES string of the molecule is CC1CCN(C(=O)c2ccccc2NC(=O)c2ccc(Cl)o2)CC1. The highest BCUT2D eigenvalue weighted by Gasteiger charge is 2.24. The Morgan fingerprint density at radius 2 is 1.88 bits per heavy atom. The monoisotopic (exact) mass is 346 g/mol. The summed E-state index contributed by atoms with van der Waals surface area (Å²) in [6, 6.07) is 10.0. The number of nitrogens with zero attached hydrogens (tertiary/aromatic N) is 1. The number of benzene rings is 1. The van der Waals surface area contributed by atoms with Crippen LogP contribution in [0.25, 0.3) is 0 Å². The summed E-state index contributed by atoms with van der Waals surface area (Å²) >= 11 is 5.70. The fourth-order valence-electron chi connectivity index (χ4n) is 2.78. The molecule has 3 rings (SSSR count). The zero-order valence-electron chi connectivity index (χ0n) is 13.4. The van der Waals surface area contributed by atoms with E-state index in [1.807, 2.05) is 4.90 Å². The van der Waals surface area contributed by atoms with Gasteiger partial charge in [0.2, 0.25) is 0 Å². The highest BCUT2D eigenvalue weighted by atomic mass is 35.5. The Hall–Kier alpha value is -2.27. The molecule has 5 nitrogen and oxygen atoms in total. The van der Waals surface area contributed by atoms with E-state index in [1.165, 1.54) is 12.1 Å². The lowest BCUT2D eigenvalue weighted by Gasteiger charge is -2.30. The maximum Gasteiger partial charge on any atom is 0.291 e. The van der Waals surface area contributed by atoms with Gasteiger partial charge in [0.25, 0.3) is 11.8 Å². The van der Waals surface area contributed by atoms with E-state index >= 15 is 0 Å². The number of halogens is 1. The van der Waals surface area contributed by atoms with Crippen molar-refractivity contribution < 1.29 is 14.0 Å². The maximum absolute atomic E-state index is 12.8. The van der Waals surface area contributed by atoms with Gasteiger partial charge in [-0.3, -0.25) is 9.59 Å². The third-order valence-corrected chi connectivity index (χ3v) is 4.48. The lowest BCUT2D eigenvalue weighted by molar-refractivity contribution is 0.0698. The first-order valence-electron chi connectivity index (χ1n) is 7.99. The van der Waals surface area contributed by atoms with Crippen molar-refractivity contribution >= 4 is 29.1 Å². The van der Waals surface area contributed by atoms with Crippen molar-refractivity contribution in [3.63, 3.8) is 0 Å². The number of rotatable bonds is 3. The van der Waals surface area contributed by atoms with E-state index < -0.39 is 5.91 Å². The summed E-state index contributed by atoms with van der Waals surface area (Å²) in [6.45, 7) is 3.69.